The minimum absolute atomic E-state index is 0. The second-order valence-corrected chi connectivity index (χ2v) is 8.95. The summed E-state index contributed by atoms with van der Waals surface area (Å²) in [6.07, 6.45) is 1.15. The van der Waals surface area contributed by atoms with Gasteiger partial charge in [0.25, 0.3) is 0 Å². The fourth-order valence-electron chi connectivity index (χ4n) is 2.89. The molecule has 3 aromatic rings. The van der Waals surface area contributed by atoms with Crippen LogP contribution in [0.4, 0.5) is 4.39 Å². The summed E-state index contributed by atoms with van der Waals surface area (Å²) in [6.45, 7) is 0.589. The molecule has 3 rings (SSSR count). The van der Waals surface area contributed by atoms with E-state index < -0.39 is 15.7 Å². The lowest BCUT2D eigenvalue weighted by Gasteiger charge is -2.13. The van der Waals surface area contributed by atoms with Crippen molar-refractivity contribution in [1.29, 1.82) is 0 Å². The second kappa shape index (κ2) is 11.2. The van der Waals surface area contributed by atoms with Crippen LogP contribution in [0.15, 0.2) is 64.1 Å². The van der Waals surface area contributed by atoms with Crippen LogP contribution in [0.2, 0.25) is 0 Å². The molecule has 0 saturated carbocycles. The summed E-state index contributed by atoms with van der Waals surface area (Å²) < 4.78 is 42.3. The summed E-state index contributed by atoms with van der Waals surface area (Å²) in [6, 6.07) is 15.6. The first-order valence-corrected chi connectivity index (χ1v) is 11.3. The molecule has 1 heterocycles. The molecule has 2 aromatic carbocycles. The summed E-state index contributed by atoms with van der Waals surface area (Å²) >= 11 is 0. The van der Waals surface area contributed by atoms with Crippen molar-refractivity contribution in [3.8, 4) is 11.3 Å². The van der Waals surface area contributed by atoms with Crippen LogP contribution in [0, 0.1) is 5.82 Å². The van der Waals surface area contributed by atoms with Crippen molar-refractivity contribution in [3.63, 3.8) is 0 Å². The first-order chi connectivity index (χ1) is 14.3. The Kier molecular flexibility index (Phi) is 8.99. The molecule has 0 radical (unpaired) electrons. The highest BCUT2D eigenvalue weighted by molar-refractivity contribution is 14.0. The number of hydrogen-bond donors (Lipinski definition) is 2. The van der Waals surface area contributed by atoms with Gasteiger partial charge in [-0.15, -0.1) is 24.0 Å². The quantitative estimate of drug-likeness (QED) is 0.262. The summed E-state index contributed by atoms with van der Waals surface area (Å²) in [5.74, 6) is 0.551. The van der Waals surface area contributed by atoms with E-state index in [0.717, 1.165) is 11.8 Å². The van der Waals surface area contributed by atoms with Crippen LogP contribution in [0.1, 0.15) is 16.8 Å². The van der Waals surface area contributed by atoms with Crippen molar-refractivity contribution in [1.82, 2.24) is 15.8 Å². The number of guanidine groups is 1. The molecule has 7 nitrogen and oxygen atoms in total. The zero-order valence-electron chi connectivity index (χ0n) is 17.1. The van der Waals surface area contributed by atoms with Gasteiger partial charge in [-0.25, -0.2) is 12.8 Å². The molecule has 0 fully saturated rings. The van der Waals surface area contributed by atoms with Crippen LogP contribution in [-0.4, -0.2) is 32.8 Å². The Morgan fingerprint density at radius 1 is 1.06 bits per heavy atom. The van der Waals surface area contributed by atoms with Crippen molar-refractivity contribution in [3.05, 3.63) is 77.2 Å². The SMILES string of the molecule is CN=C(NCc1cc(-c2ccccc2)on1)NCc1cc(F)ccc1CS(C)(=O)=O.I. The van der Waals surface area contributed by atoms with Gasteiger partial charge in [-0.2, -0.15) is 0 Å². The highest BCUT2D eigenvalue weighted by atomic mass is 127. The van der Waals surface area contributed by atoms with Crippen molar-refractivity contribution >= 4 is 39.8 Å². The highest BCUT2D eigenvalue weighted by Gasteiger charge is 2.12. The zero-order valence-corrected chi connectivity index (χ0v) is 20.3. The van der Waals surface area contributed by atoms with Gasteiger partial charge >= 0.3 is 0 Å². The van der Waals surface area contributed by atoms with Crippen LogP contribution in [0.3, 0.4) is 0 Å². The van der Waals surface area contributed by atoms with Gasteiger partial charge in [-0.1, -0.05) is 41.6 Å². The van der Waals surface area contributed by atoms with E-state index in [-0.39, 0.29) is 36.3 Å². The van der Waals surface area contributed by atoms with E-state index in [2.05, 4.69) is 20.8 Å². The van der Waals surface area contributed by atoms with Gasteiger partial charge in [0.05, 0.1) is 12.3 Å². The largest absolute Gasteiger partial charge is 0.356 e. The normalized spacial score (nSPS) is 11.6. The number of aliphatic imine (C=N–C) groups is 1. The number of nitrogens with zero attached hydrogens (tertiary/aromatic N) is 2. The summed E-state index contributed by atoms with van der Waals surface area (Å²) in [5, 5.41) is 10.2. The maximum Gasteiger partial charge on any atom is 0.191 e. The maximum absolute atomic E-state index is 13.7. The molecular weight excluding hydrogens is 534 g/mol. The average Bonchev–Trinajstić information content (AvgIpc) is 3.19. The molecule has 31 heavy (non-hydrogen) atoms. The lowest BCUT2D eigenvalue weighted by molar-refractivity contribution is 0.422. The molecule has 0 amide bonds. The van der Waals surface area contributed by atoms with Gasteiger partial charge in [0.15, 0.2) is 21.6 Å². The second-order valence-electron chi connectivity index (χ2n) is 6.81. The topological polar surface area (TPSA) is 96.6 Å². The number of aromatic nitrogens is 1. The Balaban J connectivity index is 0.00000341. The van der Waals surface area contributed by atoms with E-state index in [1.165, 1.54) is 18.2 Å². The van der Waals surface area contributed by atoms with Gasteiger partial charge in [0.2, 0.25) is 0 Å². The van der Waals surface area contributed by atoms with Crippen molar-refractivity contribution in [2.24, 2.45) is 4.99 Å². The van der Waals surface area contributed by atoms with Crippen molar-refractivity contribution < 1.29 is 17.3 Å². The van der Waals surface area contributed by atoms with Crippen molar-refractivity contribution in [2.75, 3.05) is 13.3 Å². The number of nitrogens with one attached hydrogen (secondary N) is 2. The smallest absolute Gasteiger partial charge is 0.191 e. The first-order valence-electron chi connectivity index (χ1n) is 9.24. The molecule has 0 aliphatic carbocycles. The third-order valence-corrected chi connectivity index (χ3v) is 5.15. The van der Waals surface area contributed by atoms with E-state index in [1.807, 2.05) is 36.4 Å². The van der Waals surface area contributed by atoms with Gasteiger partial charge in [0.1, 0.15) is 11.5 Å². The Morgan fingerprint density at radius 2 is 1.77 bits per heavy atom. The molecule has 0 saturated heterocycles. The van der Waals surface area contributed by atoms with Gasteiger partial charge in [-0.05, 0) is 23.3 Å². The molecule has 0 atom stereocenters. The van der Waals surface area contributed by atoms with E-state index in [9.17, 15) is 12.8 Å². The number of hydrogen-bond acceptors (Lipinski definition) is 5. The summed E-state index contributed by atoms with van der Waals surface area (Å²) in [4.78, 5) is 4.13. The fraction of sp³-hybridized carbons (Fsp3) is 0.238. The van der Waals surface area contributed by atoms with Crippen LogP contribution in [0.5, 0.6) is 0 Å². The molecule has 0 spiro atoms. The molecule has 0 unspecified atom stereocenters. The lowest BCUT2D eigenvalue weighted by atomic mass is 10.1. The minimum Gasteiger partial charge on any atom is -0.356 e. The zero-order chi connectivity index (χ0) is 21.6. The average molecular weight is 558 g/mol. The summed E-state index contributed by atoms with van der Waals surface area (Å²) in [7, 11) is -1.63. The van der Waals surface area contributed by atoms with Gasteiger partial charge in [-0.3, -0.25) is 4.99 Å². The molecule has 0 aliphatic rings. The van der Waals surface area contributed by atoms with Crippen LogP contribution < -0.4 is 10.6 Å². The highest BCUT2D eigenvalue weighted by Crippen LogP contribution is 2.19. The third kappa shape index (κ3) is 7.62. The summed E-state index contributed by atoms with van der Waals surface area (Å²) in [5.41, 5.74) is 2.73. The Bertz CT molecular complexity index is 1130. The Morgan fingerprint density at radius 3 is 2.45 bits per heavy atom. The number of halogens is 2. The minimum atomic E-state index is -3.24. The lowest BCUT2D eigenvalue weighted by Crippen LogP contribution is -2.36. The molecule has 166 valence electrons. The van der Waals surface area contributed by atoms with Crippen LogP contribution >= 0.6 is 24.0 Å². The van der Waals surface area contributed by atoms with Crippen LogP contribution in [-0.2, 0) is 28.7 Å². The molecular formula is C21H24FIN4O3S. The number of sulfone groups is 1. The van der Waals surface area contributed by atoms with Gasteiger partial charge < -0.3 is 15.2 Å². The number of benzene rings is 2. The van der Waals surface area contributed by atoms with E-state index in [1.54, 1.807) is 7.05 Å². The van der Waals surface area contributed by atoms with E-state index in [4.69, 9.17) is 4.52 Å². The first kappa shape index (κ1) is 24.8. The Hall–Kier alpha value is -2.47. The molecule has 0 bridgehead atoms. The van der Waals surface area contributed by atoms with E-state index in [0.29, 0.717) is 35.1 Å². The molecule has 0 aliphatic heterocycles. The van der Waals surface area contributed by atoms with Gasteiger partial charge in [0, 0.05) is 31.5 Å². The van der Waals surface area contributed by atoms with E-state index >= 15 is 0 Å². The molecule has 1 aromatic heterocycles. The predicted molar refractivity (Wildman–Crippen MR) is 129 cm³/mol. The maximum atomic E-state index is 13.7. The monoisotopic (exact) mass is 558 g/mol. The predicted octanol–water partition coefficient (Wildman–Crippen LogP) is 3.51. The number of rotatable bonds is 7. The molecule has 10 heteroatoms. The standard InChI is InChI=1S/C21H23FN4O3S.HI/c1-23-21(24-12-17-10-18(22)9-8-16(17)14-30(2,27)28)25-13-19-11-20(29-26-19)15-6-4-3-5-7-15;/h3-11H,12-14H2,1-2H3,(H2,23,24,25);1H. The fourth-order valence-corrected chi connectivity index (χ4v) is 3.74. The van der Waals surface area contributed by atoms with Crippen molar-refractivity contribution in [2.45, 2.75) is 18.8 Å². The molecule has 2 N–H and O–H groups in total. The Labute approximate surface area is 198 Å². The van der Waals surface area contributed by atoms with Crippen LogP contribution in [0.25, 0.3) is 11.3 Å². The third-order valence-electron chi connectivity index (χ3n) is 4.31.